The summed E-state index contributed by atoms with van der Waals surface area (Å²) in [4.78, 5) is 15.8. The number of rotatable bonds is 6. The smallest absolute Gasteiger partial charge is 0.244 e. The molecular formula is C16H18BrN3O5S2. The summed E-state index contributed by atoms with van der Waals surface area (Å²) in [5.74, 6) is -0.263. The summed E-state index contributed by atoms with van der Waals surface area (Å²) < 4.78 is 50.0. The van der Waals surface area contributed by atoms with Crippen LogP contribution in [0.15, 0.2) is 50.8 Å². The van der Waals surface area contributed by atoms with E-state index in [1.807, 2.05) is 6.92 Å². The Morgan fingerprint density at radius 2 is 1.85 bits per heavy atom. The molecule has 1 N–H and O–H groups in total. The maximum Gasteiger partial charge on any atom is 0.244 e. The topological polar surface area (TPSA) is 114 Å². The summed E-state index contributed by atoms with van der Waals surface area (Å²) in [7, 11) is -6.46. The molecule has 0 aliphatic heterocycles. The second kappa shape index (κ2) is 8.05. The van der Waals surface area contributed by atoms with Gasteiger partial charge in [-0.05, 0) is 58.7 Å². The van der Waals surface area contributed by atoms with Gasteiger partial charge in [-0.15, -0.1) is 0 Å². The van der Waals surface area contributed by atoms with E-state index in [1.54, 1.807) is 12.1 Å². The van der Waals surface area contributed by atoms with Crippen LogP contribution >= 0.6 is 15.9 Å². The quantitative estimate of drug-likeness (QED) is 0.681. The monoisotopic (exact) mass is 475 g/mol. The van der Waals surface area contributed by atoms with Crippen LogP contribution in [-0.4, -0.2) is 51.9 Å². The average molecular weight is 476 g/mol. The average Bonchev–Trinajstić information content (AvgIpc) is 2.53. The van der Waals surface area contributed by atoms with E-state index in [9.17, 15) is 21.6 Å². The van der Waals surface area contributed by atoms with Crippen LogP contribution in [0.1, 0.15) is 5.56 Å². The zero-order valence-corrected chi connectivity index (χ0v) is 18.0. The molecule has 1 aromatic heterocycles. The Morgan fingerprint density at radius 3 is 2.44 bits per heavy atom. The Morgan fingerprint density at radius 1 is 1.19 bits per heavy atom. The number of benzene rings is 1. The van der Waals surface area contributed by atoms with Crippen LogP contribution < -0.4 is 5.32 Å². The lowest BCUT2D eigenvalue weighted by molar-refractivity contribution is -0.116. The first-order valence-electron chi connectivity index (χ1n) is 7.60. The van der Waals surface area contributed by atoms with Crippen LogP contribution in [0.3, 0.4) is 0 Å². The lowest BCUT2D eigenvalue weighted by Crippen LogP contribution is -2.35. The van der Waals surface area contributed by atoms with Gasteiger partial charge in [0.05, 0.1) is 16.3 Å². The number of hydrogen-bond acceptors (Lipinski definition) is 6. The zero-order chi connectivity index (χ0) is 20.4. The van der Waals surface area contributed by atoms with Crippen molar-refractivity contribution in [2.45, 2.75) is 16.7 Å². The van der Waals surface area contributed by atoms with Crippen LogP contribution in [0.25, 0.3) is 0 Å². The molecule has 0 saturated carbocycles. The normalized spacial score (nSPS) is 12.2. The van der Waals surface area contributed by atoms with Crippen LogP contribution in [-0.2, 0) is 24.7 Å². The fraction of sp³-hybridized carbons (Fsp3) is 0.250. The van der Waals surface area contributed by atoms with Gasteiger partial charge in [-0.2, -0.15) is 4.31 Å². The van der Waals surface area contributed by atoms with Gasteiger partial charge < -0.3 is 5.32 Å². The molecule has 0 unspecified atom stereocenters. The number of nitrogens with one attached hydrogen (secondary N) is 1. The molecule has 0 aliphatic rings. The molecule has 0 bridgehead atoms. The first-order valence-corrected chi connectivity index (χ1v) is 11.7. The van der Waals surface area contributed by atoms with Crippen LogP contribution in [0, 0.1) is 6.92 Å². The summed E-state index contributed by atoms with van der Waals surface area (Å²) in [6.07, 6.45) is 2.51. The molecule has 1 heterocycles. The largest absolute Gasteiger partial charge is 0.310 e. The third-order valence-corrected chi connectivity index (χ3v) is 7.48. The molecule has 0 aliphatic carbocycles. The lowest BCUT2D eigenvalue weighted by Gasteiger charge is -2.18. The number of carbonyl (C=O) groups is 1. The van der Waals surface area contributed by atoms with Gasteiger partial charge in [-0.3, -0.25) is 4.79 Å². The number of hydrogen-bond donors (Lipinski definition) is 1. The number of likely N-dealkylation sites (N-methyl/N-ethyl adjacent to an activating group) is 1. The second-order valence-electron chi connectivity index (χ2n) is 5.89. The van der Waals surface area contributed by atoms with Crippen LogP contribution in [0.2, 0.25) is 0 Å². The van der Waals surface area contributed by atoms with E-state index in [1.165, 1.54) is 25.4 Å². The molecule has 27 heavy (non-hydrogen) atoms. The predicted molar refractivity (Wildman–Crippen MR) is 105 cm³/mol. The number of carbonyl (C=O) groups excluding carboxylic acids is 1. The van der Waals surface area contributed by atoms with Crippen molar-refractivity contribution < 1.29 is 21.6 Å². The molecular weight excluding hydrogens is 458 g/mol. The van der Waals surface area contributed by atoms with Crippen molar-refractivity contribution in [1.82, 2.24) is 9.29 Å². The fourth-order valence-corrected chi connectivity index (χ4v) is 4.95. The maximum atomic E-state index is 12.8. The Balaban J connectivity index is 2.24. The molecule has 0 fully saturated rings. The Kier molecular flexibility index (Phi) is 6.40. The molecule has 1 aromatic carbocycles. The van der Waals surface area contributed by atoms with Gasteiger partial charge >= 0.3 is 0 Å². The highest BCUT2D eigenvalue weighted by Crippen LogP contribution is 2.27. The summed E-state index contributed by atoms with van der Waals surface area (Å²) >= 11 is 3.12. The number of sulfone groups is 1. The van der Waals surface area contributed by atoms with E-state index in [0.29, 0.717) is 5.82 Å². The highest BCUT2D eigenvalue weighted by atomic mass is 79.9. The van der Waals surface area contributed by atoms with Crippen molar-refractivity contribution in [2.24, 2.45) is 0 Å². The third-order valence-electron chi connectivity index (χ3n) is 3.57. The van der Waals surface area contributed by atoms with E-state index >= 15 is 0 Å². The number of sulfonamides is 1. The van der Waals surface area contributed by atoms with E-state index in [-0.39, 0.29) is 14.3 Å². The molecule has 8 nitrogen and oxygen atoms in total. The van der Waals surface area contributed by atoms with E-state index in [4.69, 9.17) is 0 Å². The van der Waals surface area contributed by atoms with Gasteiger partial charge in [-0.1, -0.05) is 0 Å². The maximum absolute atomic E-state index is 12.8. The number of anilines is 1. The van der Waals surface area contributed by atoms with Gasteiger partial charge in [0.15, 0.2) is 9.84 Å². The number of nitrogens with zero attached hydrogens (tertiary/aromatic N) is 2. The number of aromatic nitrogens is 1. The van der Waals surface area contributed by atoms with Gasteiger partial charge in [0.25, 0.3) is 0 Å². The summed E-state index contributed by atoms with van der Waals surface area (Å²) in [5, 5.41) is 2.52. The summed E-state index contributed by atoms with van der Waals surface area (Å²) in [6, 6.07) is 7.12. The second-order valence-corrected chi connectivity index (χ2v) is 10.8. The Hall–Kier alpha value is -1.82. The van der Waals surface area contributed by atoms with Crippen LogP contribution in [0.5, 0.6) is 0 Å². The third kappa shape index (κ3) is 5.34. The molecule has 2 rings (SSSR count). The van der Waals surface area contributed by atoms with Gasteiger partial charge in [0.1, 0.15) is 5.82 Å². The van der Waals surface area contributed by atoms with Gasteiger partial charge in [0.2, 0.25) is 15.9 Å². The van der Waals surface area contributed by atoms with Crippen molar-refractivity contribution in [3.05, 3.63) is 46.6 Å². The Bertz CT molecular complexity index is 1080. The molecule has 0 spiro atoms. The molecule has 0 atom stereocenters. The van der Waals surface area contributed by atoms with Crippen molar-refractivity contribution >= 4 is 47.5 Å². The lowest BCUT2D eigenvalue weighted by atomic mass is 10.3. The minimum atomic E-state index is -4.11. The summed E-state index contributed by atoms with van der Waals surface area (Å²) in [5.41, 5.74) is 0.891. The number of halogens is 1. The van der Waals surface area contributed by atoms with Crippen LogP contribution in [0.4, 0.5) is 5.82 Å². The van der Waals surface area contributed by atoms with Gasteiger partial charge in [0, 0.05) is 24.0 Å². The van der Waals surface area contributed by atoms with E-state index in [2.05, 4.69) is 26.2 Å². The van der Waals surface area contributed by atoms with Crippen molar-refractivity contribution in [3.8, 4) is 0 Å². The number of aryl methyl sites for hydroxylation is 1. The molecule has 0 saturated heterocycles. The van der Waals surface area contributed by atoms with E-state index in [0.717, 1.165) is 22.2 Å². The highest BCUT2D eigenvalue weighted by molar-refractivity contribution is 9.10. The molecule has 11 heteroatoms. The van der Waals surface area contributed by atoms with E-state index < -0.39 is 32.3 Å². The minimum absolute atomic E-state index is 0.133. The number of pyridine rings is 1. The molecule has 1 amide bonds. The molecule has 2 aromatic rings. The SMILES string of the molecule is Cc1ccnc(NC(=O)CN(C)S(=O)(=O)c2cc(S(C)(=O)=O)ccc2Br)c1. The minimum Gasteiger partial charge on any atom is -0.310 e. The molecule has 146 valence electrons. The van der Waals surface area contributed by atoms with Gasteiger partial charge in [-0.25, -0.2) is 21.8 Å². The first-order chi connectivity index (χ1) is 12.4. The Labute approximate surface area is 166 Å². The molecule has 0 radical (unpaired) electrons. The van der Waals surface area contributed by atoms with Crippen molar-refractivity contribution in [2.75, 3.05) is 25.2 Å². The first kappa shape index (κ1) is 21.5. The number of amides is 1. The fourth-order valence-electron chi connectivity index (χ4n) is 2.15. The van der Waals surface area contributed by atoms with Crippen molar-refractivity contribution in [3.63, 3.8) is 0 Å². The highest BCUT2D eigenvalue weighted by Gasteiger charge is 2.27. The summed E-state index contributed by atoms with van der Waals surface area (Å²) in [6.45, 7) is 1.37. The zero-order valence-electron chi connectivity index (χ0n) is 14.8. The predicted octanol–water partition coefficient (Wildman–Crippen LogP) is 1.82. The standard InChI is InChI=1S/C16H18BrN3O5S2/c1-11-6-7-18-15(8-11)19-16(21)10-20(2)27(24,25)14-9-12(26(3,22)23)4-5-13(14)17/h4-9H,10H2,1-3H3,(H,18,19,21). The van der Waals surface area contributed by atoms with Crippen molar-refractivity contribution in [1.29, 1.82) is 0 Å².